The predicted octanol–water partition coefficient (Wildman–Crippen LogP) is 3.46. The summed E-state index contributed by atoms with van der Waals surface area (Å²) in [4.78, 5) is 28.9. The van der Waals surface area contributed by atoms with Gasteiger partial charge in [-0.15, -0.1) is 6.42 Å². The first-order chi connectivity index (χ1) is 15.2. The van der Waals surface area contributed by atoms with Crippen LogP contribution in [0.3, 0.4) is 0 Å². The van der Waals surface area contributed by atoms with Crippen molar-refractivity contribution in [2.45, 2.75) is 24.3 Å². The summed E-state index contributed by atoms with van der Waals surface area (Å²) < 4.78 is 32.0. The number of methoxy groups -OCH3 is 1. The Bertz CT molecular complexity index is 1380. The van der Waals surface area contributed by atoms with Crippen LogP contribution in [-0.2, 0) is 25.9 Å². The average Bonchev–Trinajstić information content (AvgIpc) is 3.09. The maximum Gasteiger partial charge on any atom is 0.337 e. The number of carbonyl (C=O) groups is 2. The summed E-state index contributed by atoms with van der Waals surface area (Å²) in [6, 6.07) is 10.9. The number of fused-ring (bicyclic) bond motifs is 1. The summed E-state index contributed by atoms with van der Waals surface area (Å²) in [7, 11) is -2.23. The molecule has 0 saturated heterocycles. The molecule has 7 nitrogen and oxygen atoms in total. The molecule has 3 rings (SSSR count). The molecular formula is C22H19ClN2O5S2. The van der Waals surface area contributed by atoms with Gasteiger partial charge in [0.15, 0.2) is 14.6 Å². The zero-order chi connectivity index (χ0) is 23.3. The van der Waals surface area contributed by atoms with E-state index < -0.39 is 21.7 Å². The van der Waals surface area contributed by atoms with Gasteiger partial charge in [0.2, 0.25) is 5.91 Å². The number of aromatic nitrogens is 1. The van der Waals surface area contributed by atoms with E-state index in [9.17, 15) is 18.0 Å². The molecule has 0 N–H and O–H groups in total. The van der Waals surface area contributed by atoms with Gasteiger partial charge in [0.05, 0.1) is 40.1 Å². The van der Waals surface area contributed by atoms with Gasteiger partial charge in [-0.3, -0.25) is 4.79 Å². The number of hydrogen-bond donors (Lipinski definition) is 0. The zero-order valence-electron chi connectivity index (χ0n) is 17.1. The molecule has 32 heavy (non-hydrogen) atoms. The standard InChI is InChI=1S/C22H19ClN2O5S2/c1-3-12-25-18-11-6-15(21(27)30-2)14-19(18)31-22(25)24-20(26)5-4-13-32(28,29)17-9-7-16(23)8-10-17/h1,6-11,14H,4-5,12-13H2,2H3. The second-order valence-electron chi connectivity index (χ2n) is 6.73. The molecule has 0 bridgehead atoms. The third-order valence-corrected chi connectivity index (χ3v) is 7.66. The van der Waals surface area contributed by atoms with Gasteiger partial charge in [-0.25, -0.2) is 13.2 Å². The van der Waals surface area contributed by atoms with Crippen molar-refractivity contribution >= 4 is 54.9 Å². The molecule has 1 aromatic heterocycles. The minimum Gasteiger partial charge on any atom is -0.465 e. The van der Waals surface area contributed by atoms with Crippen molar-refractivity contribution in [3.8, 4) is 12.3 Å². The Balaban J connectivity index is 1.79. The number of nitrogens with zero attached hydrogens (tertiary/aromatic N) is 2. The number of terminal acetylenes is 1. The van der Waals surface area contributed by atoms with Crippen molar-refractivity contribution in [2.24, 2.45) is 4.99 Å². The van der Waals surface area contributed by atoms with E-state index in [1.54, 1.807) is 22.8 Å². The maximum absolute atomic E-state index is 12.4. The van der Waals surface area contributed by atoms with Gasteiger partial charge in [0.1, 0.15) is 0 Å². The molecule has 3 aromatic rings. The van der Waals surface area contributed by atoms with Gasteiger partial charge in [-0.05, 0) is 48.9 Å². The molecule has 1 heterocycles. The highest BCUT2D eigenvalue weighted by Gasteiger charge is 2.16. The number of carbonyl (C=O) groups excluding carboxylic acids is 2. The van der Waals surface area contributed by atoms with Crippen LogP contribution in [0.25, 0.3) is 10.2 Å². The molecule has 0 atom stereocenters. The topological polar surface area (TPSA) is 94.8 Å². The number of esters is 1. The minimum absolute atomic E-state index is 0.0372. The SMILES string of the molecule is C#CCn1c(=NC(=O)CCCS(=O)(=O)c2ccc(Cl)cc2)sc2cc(C(=O)OC)ccc21. The van der Waals surface area contributed by atoms with Gasteiger partial charge in [0.25, 0.3) is 0 Å². The van der Waals surface area contributed by atoms with Crippen LogP contribution in [0.1, 0.15) is 23.2 Å². The Morgan fingerprint density at radius 2 is 1.94 bits per heavy atom. The summed E-state index contributed by atoms with van der Waals surface area (Å²) in [6.07, 6.45) is 5.55. The van der Waals surface area contributed by atoms with Gasteiger partial charge >= 0.3 is 5.97 Å². The van der Waals surface area contributed by atoms with Crippen LogP contribution < -0.4 is 4.80 Å². The van der Waals surface area contributed by atoms with Crippen molar-refractivity contribution in [1.29, 1.82) is 0 Å². The van der Waals surface area contributed by atoms with Gasteiger partial charge in [0, 0.05) is 11.4 Å². The summed E-state index contributed by atoms with van der Waals surface area (Å²) in [5.74, 6) is 1.41. The van der Waals surface area contributed by atoms with Gasteiger partial charge in [-0.1, -0.05) is 28.9 Å². The number of hydrogen-bond acceptors (Lipinski definition) is 6. The molecule has 10 heteroatoms. The van der Waals surface area contributed by atoms with Crippen molar-refractivity contribution in [3.63, 3.8) is 0 Å². The highest BCUT2D eigenvalue weighted by molar-refractivity contribution is 7.91. The van der Waals surface area contributed by atoms with E-state index in [2.05, 4.69) is 10.9 Å². The summed E-state index contributed by atoms with van der Waals surface area (Å²) >= 11 is 7.01. The largest absolute Gasteiger partial charge is 0.465 e. The lowest BCUT2D eigenvalue weighted by atomic mass is 10.2. The Kier molecular flexibility index (Phi) is 7.51. The Hall–Kier alpha value is -2.93. The number of sulfone groups is 1. The lowest BCUT2D eigenvalue weighted by molar-refractivity contribution is -0.118. The molecule has 0 aliphatic rings. The van der Waals surface area contributed by atoms with Crippen LogP contribution in [0.4, 0.5) is 0 Å². The van der Waals surface area contributed by atoms with Crippen molar-refractivity contribution in [2.75, 3.05) is 12.9 Å². The quantitative estimate of drug-likeness (QED) is 0.373. The van der Waals surface area contributed by atoms with Crippen molar-refractivity contribution < 1.29 is 22.7 Å². The second-order valence-corrected chi connectivity index (χ2v) is 10.3. The molecule has 0 unspecified atom stereocenters. The van der Waals surface area contributed by atoms with Crippen LogP contribution in [0.2, 0.25) is 5.02 Å². The fourth-order valence-electron chi connectivity index (χ4n) is 2.98. The number of thiazole rings is 1. The molecular weight excluding hydrogens is 472 g/mol. The number of benzene rings is 2. The number of amides is 1. The van der Waals surface area contributed by atoms with Gasteiger partial charge in [-0.2, -0.15) is 4.99 Å². The smallest absolute Gasteiger partial charge is 0.337 e. The van der Waals surface area contributed by atoms with Crippen LogP contribution >= 0.6 is 22.9 Å². The summed E-state index contributed by atoms with van der Waals surface area (Å²) in [6.45, 7) is 0.189. The number of ether oxygens (including phenoxy) is 1. The molecule has 0 aliphatic carbocycles. The maximum atomic E-state index is 12.4. The average molecular weight is 491 g/mol. The lowest BCUT2D eigenvalue weighted by Crippen LogP contribution is -2.17. The van der Waals surface area contributed by atoms with E-state index in [1.165, 1.54) is 42.7 Å². The number of halogens is 1. The van der Waals surface area contributed by atoms with Crippen molar-refractivity contribution in [1.82, 2.24) is 4.57 Å². The van der Waals surface area contributed by atoms with Crippen LogP contribution in [-0.4, -0.2) is 37.7 Å². The number of rotatable bonds is 7. The van der Waals surface area contributed by atoms with Crippen LogP contribution in [0, 0.1) is 12.3 Å². The Morgan fingerprint density at radius 1 is 1.22 bits per heavy atom. The van der Waals surface area contributed by atoms with Crippen LogP contribution in [0.5, 0.6) is 0 Å². The summed E-state index contributed by atoms with van der Waals surface area (Å²) in [5, 5.41) is 0.445. The van der Waals surface area contributed by atoms with E-state index in [4.69, 9.17) is 22.8 Å². The van der Waals surface area contributed by atoms with Crippen molar-refractivity contribution in [3.05, 3.63) is 57.9 Å². The van der Waals surface area contributed by atoms with Gasteiger partial charge < -0.3 is 9.30 Å². The monoisotopic (exact) mass is 490 g/mol. The molecule has 0 aliphatic heterocycles. The third kappa shape index (κ3) is 5.46. The van der Waals surface area contributed by atoms with E-state index in [0.29, 0.717) is 15.4 Å². The minimum atomic E-state index is -3.52. The predicted molar refractivity (Wildman–Crippen MR) is 123 cm³/mol. The molecule has 166 valence electrons. The van der Waals surface area contributed by atoms with E-state index in [-0.39, 0.29) is 30.0 Å². The molecule has 0 spiro atoms. The normalized spacial score (nSPS) is 12.0. The summed E-state index contributed by atoms with van der Waals surface area (Å²) in [5.41, 5.74) is 1.11. The third-order valence-electron chi connectivity index (χ3n) is 4.55. The molecule has 2 aromatic carbocycles. The fourth-order valence-corrected chi connectivity index (χ4v) is 5.51. The molecule has 0 fully saturated rings. The Morgan fingerprint density at radius 3 is 2.59 bits per heavy atom. The van der Waals surface area contributed by atoms with E-state index in [0.717, 1.165) is 10.2 Å². The molecule has 0 saturated carbocycles. The van der Waals surface area contributed by atoms with Crippen LogP contribution in [0.15, 0.2) is 52.4 Å². The van der Waals surface area contributed by atoms with E-state index >= 15 is 0 Å². The first kappa shape index (κ1) is 23.7. The van der Waals surface area contributed by atoms with E-state index in [1.807, 2.05) is 0 Å². The second kappa shape index (κ2) is 10.1. The highest BCUT2D eigenvalue weighted by atomic mass is 35.5. The lowest BCUT2D eigenvalue weighted by Gasteiger charge is -2.03. The first-order valence-corrected chi connectivity index (χ1v) is 12.3. The molecule has 0 radical (unpaired) electrons. The fraction of sp³-hybridized carbons (Fsp3) is 0.227. The molecule has 1 amide bonds. The highest BCUT2D eigenvalue weighted by Crippen LogP contribution is 2.20. The Labute approximate surface area is 194 Å². The first-order valence-electron chi connectivity index (χ1n) is 9.46. The zero-order valence-corrected chi connectivity index (χ0v) is 19.5.